The Kier molecular flexibility index (Phi) is 4.64. The molecule has 0 saturated carbocycles. The molecule has 0 bridgehead atoms. The maximum Gasteiger partial charge on any atom is 0.235 e. The third-order valence-corrected chi connectivity index (χ3v) is 2.94. The van der Waals surface area contributed by atoms with E-state index < -0.39 is 0 Å². The van der Waals surface area contributed by atoms with Crippen molar-refractivity contribution in [2.45, 2.75) is 17.9 Å². The van der Waals surface area contributed by atoms with Crippen LogP contribution in [0, 0.1) is 0 Å². The third-order valence-electron chi connectivity index (χ3n) is 1.89. The summed E-state index contributed by atoms with van der Waals surface area (Å²) >= 11 is 1.57. The van der Waals surface area contributed by atoms with E-state index in [1.165, 1.54) is 0 Å². The Balaban J connectivity index is 2.43. The van der Waals surface area contributed by atoms with Gasteiger partial charge in [0.25, 0.3) is 0 Å². The van der Waals surface area contributed by atoms with Gasteiger partial charge in [0, 0.05) is 23.9 Å². The number of likely N-dealkylation sites (N-methyl/N-ethyl adjacent to an activating group) is 1. The molecule has 84 valence electrons. The molecule has 6 heteroatoms. The molecule has 1 rings (SSSR count). The summed E-state index contributed by atoms with van der Waals surface area (Å²) in [6.07, 6.45) is 3.68. The molecule has 1 atom stereocenters. The largest absolute Gasteiger partial charge is 0.368 e. The summed E-state index contributed by atoms with van der Waals surface area (Å²) in [5.74, 6) is 0.322. The SMILES string of the molecule is CCNC(CSc1cnn(C)c1)C(N)=O. The molecule has 5 nitrogen and oxygen atoms in total. The number of carbonyl (C=O) groups is 1. The van der Waals surface area contributed by atoms with E-state index >= 15 is 0 Å². The van der Waals surface area contributed by atoms with E-state index in [2.05, 4.69) is 10.4 Å². The second-order valence-electron chi connectivity index (χ2n) is 3.17. The summed E-state index contributed by atoms with van der Waals surface area (Å²) in [5, 5.41) is 7.08. The zero-order valence-electron chi connectivity index (χ0n) is 8.93. The molecule has 0 radical (unpaired) electrons. The highest BCUT2D eigenvalue weighted by atomic mass is 32.2. The Labute approximate surface area is 93.4 Å². The maximum atomic E-state index is 11.0. The lowest BCUT2D eigenvalue weighted by atomic mass is 10.3. The van der Waals surface area contributed by atoms with Crippen molar-refractivity contribution >= 4 is 17.7 Å². The third kappa shape index (κ3) is 3.93. The second-order valence-corrected chi connectivity index (χ2v) is 4.27. The average molecular weight is 228 g/mol. The van der Waals surface area contributed by atoms with E-state index in [1.54, 1.807) is 22.6 Å². The number of aryl methyl sites for hydroxylation is 1. The van der Waals surface area contributed by atoms with Crippen LogP contribution in [0.5, 0.6) is 0 Å². The van der Waals surface area contributed by atoms with Gasteiger partial charge in [-0.3, -0.25) is 9.48 Å². The number of carbonyl (C=O) groups excluding carboxylic acids is 1. The number of amides is 1. The molecule has 0 aliphatic heterocycles. The lowest BCUT2D eigenvalue weighted by Crippen LogP contribution is -2.42. The van der Waals surface area contributed by atoms with E-state index in [-0.39, 0.29) is 11.9 Å². The van der Waals surface area contributed by atoms with Crippen LogP contribution in [0.25, 0.3) is 0 Å². The van der Waals surface area contributed by atoms with Crippen molar-refractivity contribution in [3.8, 4) is 0 Å². The van der Waals surface area contributed by atoms with Gasteiger partial charge in [0.15, 0.2) is 0 Å². The van der Waals surface area contributed by atoms with Crippen LogP contribution in [0.3, 0.4) is 0 Å². The fraction of sp³-hybridized carbons (Fsp3) is 0.556. The van der Waals surface area contributed by atoms with Crippen molar-refractivity contribution in [3.63, 3.8) is 0 Å². The molecular weight excluding hydrogens is 212 g/mol. The quantitative estimate of drug-likeness (QED) is 0.671. The molecule has 1 aromatic heterocycles. The Morgan fingerprint density at radius 1 is 1.80 bits per heavy atom. The van der Waals surface area contributed by atoms with E-state index in [1.807, 2.05) is 20.2 Å². The lowest BCUT2D eigenvalue weighted by Gasteiger charge is -2.12. The van der Waals surface area contributed by atoms with Crippen LogP contribution in [0.2, 0.25) is 0 Å². The molecule has 3 N–H and O–H groups in total. The first-order valence-corrected chi connectivity index (χ1v) is 5.76. The Morgan fingerprint density at radius 3 is 3.00 bits per heavy atom. The van der Waals surface area contributed by atoms with Gasteiger partial charge in [0.05, 0.1) is 12.2 Å². The van der Waals surface area contributed by atoms with Crippen molar-refractivity contribution in [2.24, 2.45) is 12.8 Å². The number of hydrogen-bond donors (Lipinski definition) is 2. The van der Waals surface area contributed by atoms with Crippen LogP contribution in [0.1, 0.15) is 6.92 Å². The second kappa shape index (κ2) is 5.77. The van der Waals surface area contributed by atoms with E-state index in [4.69, 9.17) is 5.73 Å². The van der Waals surface area contributed by atoms with E-state index in [0.717, 1.165) is 11.4 Å². The Morgan fingerprint density at radius 2 is 2.53 bits per heavy atom. The summed E-state index contributed by atoms with van der Waals surface area (Å²) in [6.45, 7) is 2.69. The van der Waals surface area contributed by atoms with Crippen molar-refractivity contribution in [1.82, 2.24) is 15.1 Å². The van der Waals surface area contributed by atoms with Gasteiger partial charge in [-0.25, -0.2) is 0 Å². The van der Waals surface area contributed by atoms with E-state index in [9.17, 15) is 4.79 Å². The minimum Gasteiger partial charge on any atom is -0.368 e. The monoisotopic (exact) mass is 228 g/mol. The maximum absolute atomic E-state index is 11.0. The molecule has 0 saturated heterocycles. The molecule has 0 aliphatic rings. The summed E-state index contributed by atoms with van der Waals surface area (Å²) in [6, 6.07) is -0.278. The topological polar surface area (TPSA) is 72.9 Å². The highest BCUT2D eigenvalue weighted by molar-refractivity contribution is 7.99. The number of rotatable bonds is 6. The van der Waals surface area contributed by atoms with Gasteiger partial charge in [-0.15, -0.1) is 11.8 Å². The predicted molar refractivity (Wildman–Crippen MR) is 60.6 cm³/mol. The molecule has 1 amide bonds. The molecule has 0 spiro atoms. The van der Waals surface area contributed by atoms with Gasteiger partial charge in [0.1, 0.15) is 0 Å². The molecule has 1 unspecified atom stereocenters. The number of nitrogens with two attached hydrogens (primary N) is 1. The Bertz CT molecular complexity index is 326. The minimum absolute atomic E-state index is 0.278. The lowest BCUT2D eigenvalue weighted by molar-refractivity contribution is -0.119. The normalized spacial score (nSPS) is 12.7. The number of primary amides is 1. The van der Waals surface area contributed by atoms with Gasteiger partial charge in [-0.05, 0) is 6.54 Å². The smallest absolute Gasteiger partial charge is 0.235 e. The van der Waals surface area contributed by atoms with Crippen LogP contribution in [0.15, 0.2) is 17.3 Å². The first kappa shape index (κ1) is 12.1. The summed E-state index contributed by atoms with van der Waals surface area (Å²) in [7, 11) is 1.86. The van der Waals surface area contributed by atoms with Crippen molar-refractivity contribution in [2.75, 3.05) is 12.3 Å². The molecule has 15 heavy (non-hydrogen) atoms. The van der Waals surface area contributed by atoms with Gasteiger partial charge < -0.3 is 11.1 Å². The van der Waals surface area contributed by atoms with Crippen molar-refractivity contribution in [1.29, 1.82) is 0 Å². The zero-order chi connectivity index (χ0) is 11.3. The molecule has 1 aromatic rings. The molecule has 0 aromatic carbocycles. The summed E-state index contributed by atoms with van der Waals surface area (Å²) < 4.78 is 1.73. The fourth-order valence-electron chi connectivity index (χ4n) is 1.14. The molecule has 0 fully saturated rings. The van der Waals surface area contributed by atoms with Crippen molar-refractivity contribution < 1.29 is 4.79 Å². The predicted octanol–water partition coefficient (Wildman–Crippen LogP) is -0.0244. The van der Waals surface area contributed by atoms with E-state index in [0.29, 0.717) is 5.75 Å². The van der Waals surface area contributed by atoms with Crippen LogP contribution in [-0.4, -0.2) is 34.0 Å². The molecule has 1 heterocycles. The van der Waals surface area contributed by atoms with Crippen LogP contribution >= 0.6 is 11.8 Å². The van der Waals surface area contributed by atoms with Crippen molar-refractivity contribution in [3.05, 3.63) is 12.4 Å². The van der Waals surface area contributed by atoms with Crippen LogP contribution in [-0.2, 0) is 11.8 Å². The zero-order valence-corrected chi connectivity index (χ0v) is 9.75. The number of aromatic nitrogens is 2. The minimum atomic E-state index is -0.312. The van der Waals surface area contributed by atoms with Gasteiger partial charge in [0.2, 0.25) is 5.91 Å². The van der Waals surface area contributed by atoms with Gasteiger partial charge in [-0.2, -0.15) is 5.10 Å². The molecular formula is C9H16N4OS. The molecule has 0 aliphatic carbocycles. The number of nitrogens with one attached hydrogen (secondary N) is 1. The first-order valence-electron chi connectivity index (χ1n) is 4.77. The summed E-state index contributed by atoms with van der Waals surface area (Å²) in [5.41, 5.74) is 5.26. The highest BCUT2D eigenvalue weighted by Gasteiger charge is 2.14. The summed E-state index contributed by atoms with van der Waals surface area (Å²) in [4.78, 5) is 12.1. The fourth-order valence-corrected chi connectivity index (χ4v) is 2.13. The van der Waals surface area contributed by atoms with Gasteiger partial charge in [-0.1, -0.05) is 6.92 Å². The average Bonchev–Trinajstić information content (AvgIpc) is 2.58. The standard InChI is InChI=1S/C9H16N4OS/c1-3-11-8(9(10)14)6-15-7-4-12-13(2)5-7/h4-5,8,11H,3,6H2,1-2H3,(H2,10,14). The van der Waals surface area contributed by atoms with Crippen LogP contribution in [0.4, 0.5) is 0 Å². The number of thioether (sulfide) groups is 1. The van der Waals surface area contributed by atoms with Gasteiger partial charge >= 0.3 is 0 Å². The highest BCUT2D eigenvalue weighted by Crippen LogP contribution is 2.17. The number of hydrogen-bond acceptors (Lipinski definition) is 4. The Hall–Kier alpha value is -1.01. The number of nitrogens with zero attached hydrogens (tertiary/aromatic N) is 2. The van der Waals surface area contributed by atoms with Crippen LogP contribution < -0.4 is 11.1 Å². The first-order chi connectivity index (χ1) is 7.13.